The molecular weight excluding hydrogens is 314 g/mol. The first-order valence-electron chi connectivity index (χ1n) is 8.22. The summed E-state index contributed by atoms with van der Waals surface area (Å²) in [4.78, 5) is 16.6. The predicted octanol–water partition coefficient (Wildman–Crippen LogP) is 2.27. The molecule has 130 valence electrons. The SMILES string of the molecule is CC(C)n1c(CCNC(=O)C2CC(F)(F)CN2)nc2ccccc21. The maximum Gasteiger partial charge on any atom is 0.262 e. The molecule has 0 bridgehead atoms. The Bertz CT molecular complexity index is 741. The van der Waals surface area contributed by atoms with E-state index < -0.39 is 24.9 Å². The molecule has 1 aromatic carbocycles. The summed E-state index contributed by atoms with van der Waals surface area (Å²) in [7, 11) is 0. The molecule has 1 aliphatic heterocycles. The van der Waals surface area contributed by atoms with Gasteiger partial charge in [0.2, 0.25) is 5.91 Å². The third-order valence-corrected chi connectivity index (χ3v) is 4.26. The topological polar surface area (TPSA) is 59.0 Å². The first-order chi connectivity index (χ1) is 11.4. The Kier molecular flexibility index (Phi) is 4.54. The molecule has 5 nitrogen and oxygen atoms in total. The van der Waals surface area contributed by atoms with E-state index in [0.29, 0.717) is 13.0 Å². The van der Waals surface area contributed by atoms with Crippen LogP contribution in [0.4, 0.5) is 8.78 Å². The number of fused-ring (bicyclic) bond motifs is 1. The molecule has 2 aromatic rings. The molecular formula is C17H22F2N4O. The number of halogens is 2. The largest absolute Gasteiger partial charge is 0.354 e. The second-order valence-corrected chi connectivity index (χ2v) is 6.52. The van der Waals surface area contributed by atoms with Gasteiger partial charge in [0.05, 0.1) is 23.6 Å². The Labute approximate surface area is 139 Å². The van der Waals surface area contributed by atoms with Crippen LogP contribution < -0.4 is 10.6 Å². The molecule has 0 aliphatic carbocycles. The van der Waals surface area contributed by atoms with Crippen LogP contribution >= 0.6 is 0 Å². The van der Waals surface area contributed by atoms with Crippen molar-refractivity contribution < 1.29 is 13.6 Å². The van der Waals surface area contributed by atoms with Crippen molar-refractivity contribution in [2.24, 2.45) is 0 Å². The zero-order chi connectivity index (χ0) is 17.3. The van der Waals surface area contributed by atoms with Gasteiger partial charge in [0.15, 0.2) is 0 Å². The smallest absolute Gasteiger partial charge is 0.262 e. The van der Waals surface area contributed by atoms with Crippen LogP contribution in [0.3, 0.4) is 0 Å². The zero-order valence-corrected chi connectivity index (χ0v) is 13.9. The lowest BCUT2D eigenvalue weighted by Crippen LogP contribution is -2.41. The van der Waals surface area contributed by atoms with E-state index in [9.17, 15) is 13.6 Å². The van der Waals surface area contributed by atoms with Gasteiger partial charge < -0.3 is 9.88 Å². The van der Waals surface area contributed by atoms with Crippen LogP contribution in [0.2, 0.25) is 0 Å². The van der Waals surface area contributed by atoms with E-state index in [2.05, 4.69) is 34.0 Å². The van der Waals surface area contributed by atoms with Crippen molar-refractivity contribution in [3.8, 4) is 0 Å². The number of carbonyl (C=O) groups excluding carboxylic acids is 1. The summed E-state index contributed by atoms with van der Waals surface area (Å²) in [5.41, 5.74) is 1.98. The fourth-order valence-electron chi connectivity index (χ4n) is 3.17. The monoisotopic (exact) mass is 336 g/mol. The summed E-state index contributed by atoms with van der Waals surface area (Å²) in [5.74, 6) is -2.29. The van der Waals surface area contributed by atoms with E-state index in [0.717, 1.165) is 16.9 Å². The molecule has 7 heteroatoms. The number of para-hydroxylation sites is 2. The van der Waals surface area contributed by atoms with E-state index >= 15 is 0 Å². The van der Waals surface area contributed by atoms with E-state index in [1.165, 1.54) is 0 Å². The van der Waals surface area contributed by atoms with Crippen LogP contribution in [0.15, 0.2) is 24.3 Å². The van der Waals surface area contributed by atoms with Crippen molar-refractivity contribution in [3.05, 3.63) is 30.1 Å². The highest BCUT2D eigenvalue weighted by Crippen LogP contribution is 2.25. The van der Waals surface area contributed by atoms with Gasteiger partial charge in [0.1, 0.15) is 5.82 Å². The standard InChI is InChI=1S/C17H22F2N4O/c1-11(2)23-14-6-4-3-5-12(14)22-15(23)7-8-20-16(24)13-9-17(18,19)10-21-13/h3-6,11,13,21H,7-10H2,1-2H3,(H,20,24). The number of hydrogen-bond donors (Lipinski definition) is 2. The molecule has 1 unspecified atom stereocenters. The molecule has 1 aliphatic rings. The van der Waals surface area contributed by atoms with Gasteiger partial charge in [0.25, 0.3) is 5.92 Å². The Morgan fingerprint density at radius 2 is 2.21 bits per heavy atom. The number of nitrogens with one attached hydrogen (secondary N) is 2. The Morgan fingerprint density at radius 1 is 1.46 bits per heavy atom. The average molecular weight is 336 g/mol. The molecule has 1 fully saturated rings. The lowest BCUT2D eigenvalue weighted by atomic mass is 10.2. The highest BCUT2D eigenvalue weighted by molar-refractivity contribution is 5.82. The summed E-state index contributed by atoms with van der Waals surface area (Å²) < 4.78 is 28.4. The number of alkyl halides is 2. The molecule has 1 atom stereocenters. The van der Waals surface area contributed by atoms with E-state index in [-0.39, 0.29) is 11.9 Å². The summed E-state index contributed by atoms with van der Waals surface area (Å²) in [6.07, 6.45) is 0.116. The number of rotatable bonds is 5. The first-order valence-corrected chi connectivity index (χ1v) is 8.22. The number of aromatic nitrogens is 2. The van der Waals surface area contributed by atoms with Crippen molar-refractivity contribution in [3.63, 3.8) is 0 Å². The summed E-state index contributed by atoms with van der Waals surface area (Å²) in [6, 6.07) is 7.33. The summed E-state index contributed by atoms with van der Waals surface area (Å²) >= 11 is 0. The maximum absolute atomic E-state index is 13.1. The fraction of sp³-hybridized carbons (Fsp3) is 0.529. The fourth-order valence-corrected chi connectivity index (χ4v) is 3.17. The number of amides is 1. The van der Waals surface area contributed by atoms with Crippen molar-refractivity contribution in [2.75, 3.05) is 13.1 Å². The van der Waals surface area contributed by atoms with Crippen LogP contribution in [0, 0.1) is 0 Å². The maximum atomic E-state index is 13.1. The zero-order valence-electron chi connectivity index (χ0n) is 13.9. The molecule has 1 aromatic heterocycles. The first kappa shape index (κ1) is 16.8. The van der Waals surface area contributed by atoms with E-state index in [4.69, 9.17) is 0 Å². The van der Waals surface area contributed by atoms with Crippen molar-refractivity contribution in [2.45, 2.75) is 44.7 Å². The quantitative estimate of drug-likeness (QED) is 0.881. The lowest BCUT2D eigenvalue weighted by Gasteiger charge is -2.14. The van der Waals surface area contributed by atoms with Crippen LogP contribution in [0.25, 0.3) is 11.0 Å². The Balaban J connectivity index is 1.64. The Morgan fingerprint density at radius 3 is 2.88 bits per heavy atom. The number of nitrogens with zero attached hydrogens (tertiary/aromatic N) is 2. The molecule has 0 radical (unpaired) electrons. The van der Waals surface area contributed by atoms with Crippen LogP contribution in [0.1, 0.15) is 32.1 Å². The van der Waals surface area contributed by atoms with Crippen molar-refractivity contribution >= 4 is 16.9 Å². The molecule has 0 saturated carbocycles. The molecule has 2 heterocycles. The number of benzene rings is 1. The second-order valence-electron chi connectivity index (χ2n) is 6.52. The average Bonchev–Trinajstić information content (AvgIpc) is 3.06. The third-order valence-electron chi connectivity index (χ3n) is 4.26. The highest BCUT2D eigenvalue weighted by atomic mass is 19.3. The molecule has 1 saturated heterocycles. The summed E-state index contributed by atoms with van der Waals surface area (Å²) in [6.45, 7) is 4.11. The summed E-state index contributed by atoms with van der Waals surface area (Å²) in [5, 5.41) is 5.30. The van der Waals surface area contributed by atoms with Crippen molar-refractivity contribution in [1.29, 1.82) is 0 Å². The highest BCUT2D eigenvalue weighted by Gasteiger charge is 2.42. The molecule has 1 amide bonds. The molecule has 2 N–H and O–H groups in total. The predicted molar refractivity (Wildman–Crippen MR) is 88.2 cm³/mol. The normalized spacial score (nSPS) is 20.0. The molecule has 24 heavy (non-hydrogen) atoms. The van der Waals surface area contributed by atoms with Gasteiger partial charge in [0, 0.05) is 25.4 Å². The minimum Gasteiger partial charge on any atom is -0.354 e. The minimum atomic E-state index is -2.80. The number of hydrogen-bond acceptors (Lipinski definition) is 3. The van der Waals surface area contributed by atoms with Crippen molar-refractivity contribution in [1.82, 2.24) is 20.2 Å². The number of carbonyl (C=O) groups is 1. The van der Waals surface area contributed by atoms with Gasteiger partial charge in [-0.3, -0.25) is 10.1 Å². The van der Waals surface area contributed by atoms with Gasteiger partial charge >= 0.3 is 0 Å². The van der Waals surface area contributed by atoms with Gasteiger partial charge in [-0.25, -0.2) is 13.8 Å². The minimum absolute atomic E-state index is 0.248. The van der Waals surface area contributed by atoms with E-state index in [1.54, 1.807) is 0 Å². The Hall–Kier alpha value is -2.02. The van der Waals surface area contributed by atoms with Crippen LogP contribution in [-0.4, -0.2) is 40.5 Å². The van der Waals surface area contributed by atoms with Crippen LogP contribution in [-0.2, 0) is 11.2 Å². The molecule has 3 rings (SSSR count). The van der Waals surface area contributed by atoms with Gasteiger partial charge in [-0.1, -0.05) is 12.1 Å². The van der Waals surface area contributed by atoms with Crippen LogP contribution in [0.5, 0.6) is 0 Å². The number of imidazole rings is 1. The second kappa shape index (κ2) is 6.47. The third kappa shape index (κ3) is 3.40. The molecule has 0 spiro atoms. The van der Waals surface area contributed by atoms with Gasteiger partial charge in [-0.15, -0.1) is 0 Å². The van der Waals surface area contributed by atoms with Gasteiger partial charge in [-0.2, -0.15) is 0 Å². The van der Waals surface area contributed by atoms with Gasteiger partial charge in [-0.05, 0) is 26.0 Å². The van der Waals surface area contributed by atoms with E-state index in [1.807, 2.05) is 24.3 Å². The lowest BCUT2D eigenvalue weighted by molar-refractivity contribution is -0.123.